The average Bonchev–Trinajstić information content (AvgIpc) is 3.89. The number of nitrogens with zero attached hydrogens (tertiary/aromatic N) is 6. The van der Waals surface area contributed by atoms with Crippen molar-refractivity contribution in [3.05, 3.63) is 141 Å². The number of hydrogen-bond donors (Lipinski definition) is 0. The highest BCUT2D eigenvalue weighted by atomic mass is 19.4. The van der Waals surface area contributed by atoms with Crippen molar-refractivity contribution in [2.45, 2.75) is 91.2 Å². The zero-order chi connectivity index (χ0) is 49.2. The Morgan fingerprint density at radius 3 is 1.29 bits per heavy atom. The second-order valence-corrected chi connectivity index (χ2v) is 15.9. The van der Waals surface area contributed by atoms with E-state index < -0.39 is 60.4 Å². The Balaban J connectivity index is 0.000000201. The summed E-state index contributed by atoms with van der Waals surface area (Å²) in [7, 11) is 3.08. The van der Waals surface area contributed by atoms with Gasteiger partial charge in [0.1, 0.15) is 35.9 Å². The molecule has 2 aromatic heterocycles. The van der Waals surface area contributed by atoms with Crippen LogP contribution < -0.4 is 9.47 Å². The Morgan fingerprint density at radius 1 is 0.574 bits per heavy atom. The standard InChI is InChI=1S/2C24H24F3N3O4/c2*1-5-33-20(31)12-19-22-28-29-23(24(25,26)27)30(22)17-10-9-13(2)11-16(17)21(34-19)15-7-6-8-18(32-4)14(15)3/h2*6-11,19,21H,5,12H2,1-4H3/t2*19-,21-/m10/s1. The van der Waals surface area contributed by atoms with Crippen molar-refractivity contribution in [2.75, 3.05) is 27.4 Å². The van der Waals surface area contributed by atoms with Crippen molar-refractivity contribution in [1.82, 2.24) is 29.5 Å². The van der Waals surface area contributed by atoms with Crippen molar-refractivity contribution in [3.63, 3.8) is 0 Å². The van der Waals surface area contributed by atoms with Gasteiger partial charge >= 0.3 is 24.3 Å². The molecule has 0 N–H and O–H groups in total. The van der Waals surface area contributed by atoms with Gasteiger partial charge in [-0.2, -0.15) is 26.3 Å². The minimum absolute atomic E-state index is 0.117. The molecule has 4 atom stereocenters. The molecule has 0 unspecified atom stereocenters. The number of carbonyl (C=O) groups excluding carboxylic acids is 2. The van der Waals surface area contributed by atoms with Crippen LogP contribution in [0, 0.1) is 27.7 Å². The normalized spacial score (nSPS) is 17.5. The molecular formula is C48H48F6N6O8. The summed E-state index contributed by atoms with van der Waals surface area (Å²) in [5, 5.41) is 14.5. The predicted molar refractivity (Wildman–Crippen MR) is 231 cm³/mol. The quantitative estimate of drug-likeness (QED) is 0.0950. The summed E-state index contributed by atoms with van der Waals surface area (Å²) in [6.07, 6.45) is -14.1. The maximum atomic E-state index is 13.9. The molecule has 0 amide bonds. The highest BCUT2D eigenvalue weighted by Gasteiger charge is 2.45. The highest BCUT2D eigenvalue weighted by molar-refractivity contribution is 5.71. The second-order valence-electron chi connectivity index (χ2n) is 15.9. The van der Waals surface area contributed by atoms with Crippen LogP contribution in [0.2, 0.25) is 0 Å². The molecule has 0 spiro atoms. The average molecular weight is 951 g/mol. The van der Waals surface area contributed by atoms with Crippen molar-refractivity contribution in [3.8, 4) is 22.9 Å². The maximum Gasteiger partial charge on any atom is 0.452 e. The number of halogens is 6. The topological polar surface area (TPSA) is 151 Å². The molecule has 360 valence electrons. The summed E-state index contributed by atoms with van der Waals surface area (Å²) in [6.45, 7) is 10.9. The van der Waals surface area contributed by atoms with Crippen LogP contribution >= 0.6 is 0 Å². The minimum Gasteiger partial charge on any atom is -0.496 e. The first-order valence-electron chi connectivity index (χ1n) is 21.5. The fourth-order valence-electron chi connectivity index (χ4n) is 8.40. The van der Waals surface area contributed by atoms with Crippen LogP contribution in [0.4, 0.5) is 26.3 Å². The third-order valence-corrected chi connectivity index (χ3v) is 11.4. The fourth-order valence-corrected chi connectivity index (χ4v) is 8.40. The third kappa shape index (κ3) is 9.78. The van der Waals surface area contributed by atoms with Crippen molar-refractivity contribution >= 4 is 11.9 Å². The molecule has 0 fully saturated rings. The van der Waals surface area contributed by atoms with Gasteiger partial charge in [-0.25, -0.2) is 0 Å². The van der Waals surface area contributed by atoms with Gasteiger partial charge in [0.15, 0.2) is 11.6 Å². The van der Waals surface area contributed by atoms with Crippen LogP contribution in [0.3, 0.4) is 0 Å². The molecule has 0 radical (unpaired) electrons. The van der Waals surface area contributed by atoms with Crippen LogP contribution in [0.25, 0.3) is 11.4 Å². The van der Waals surface area contributed by atoms with Crippen LogP contribution in [0.1, 0.15) is 119 Å². The zero-order valence-electron chi connectivity index (χ0n) is 38.3. The smallest absolute Gasteiger partial charge is 0.452 e. The summed E-state index contributed by atoms with van der Waals surface area (Å²) >= 11 is 0. The number of carbonyl (C=O) groups is 2. The Morgan fingerprint density at radius 2 is 0.956 bits per heavy atom. The summed E-state index contributed by atoms with van der Waals surface area (Å²) in [5.41, 5.74) is 6.06. The van der Waals surface area contributed by atoms with E-state index in [1.807, 2.05) is 39.8 Å². The lowest BCUT2D eigenvalue weighted by atomic mass is 9.94. The monoisotopic (exact) mass is 950 g/mol. The first-order chi connectivity index (χ1) is 32.3. The van der Waals surface area contributed by atoms with E-state index in [0.29, 0.717) is 33.8 Å². The summed E-state index contributed by atoms with van der Waals surface area (Å²) < 4.78 is 119. The SMILES string of the molecule is CCOC(=O)C[C@@H]1O[C@@H](c2cccc(OC)c2C)c2cc(C)ccc2-n2c1nnc2C(F)(F)F.CCOC(=O)C[C@H]1O[C@H](c2cccc(OC)c2C)c2cc(C)ccc2-n2c1nnc2C(F)(F)F. The molecular weight excluding hydrogens is 903 g/mol. The van der Waals surface area contributed by atoms with Gasteiger partial charge in [-0.3, -0.25) is 18.7 Å². The lowest BCUT2D eigenvalue weighted by Gasteiger charge is -2.24. The van der Waals surface area contributed by atoms with Crippen molar-refractivity contribution in [2.24, 2.45) is 0 Å². The fraction of sp³-hybridized carbons (Fsp3) is 0.375. The Bertz CT molecular complexity index is 2630. The number of methoxy groups -OCH3 is 2. The number of benzene rings is 4. The molecule has 2 aliphatic rings. The van der Waals surface area contributed by atoms with E-state index in [4.69, 9.17) is 28.4 Å². The first kappa shape index (κ1) is 49.1. The van der Waals surface area contributed by atoms with E-state index in [0.717, 1.165) is 31.4 Å². The molecule has 20 heteroatoms. The third-order valence-electron chi connectivity index (χ3n) is 11.4. The Labute approximate surface area is 387 Å². The zero-order valence-corrected chi connectivity index (χ0v) is 38.3. The van der Waals surface area contributed by atoms with E-state index >= 15 is 0 Å². The van der Waals surface area contributed by atoms with E-state index in [2.05, 4.69) is 20.4 Å². The molecule has 8 rings (SSSR count). The summed E-state index contributed by atoms with van der Waals surface area (Å²) in [5.74, 6) is -2.62. The molecule has 6 aromatic rings. The van der Waals surface area contributed by atoms with Crippen molar-refractivity contribution < 1.29 is 64.4 Å². The first-order valence-corrected chi connectivity index (χ1v) is 21.5. The van der Waals surface area contributed by atoms with Gasteiger partial charge in [-0.05, 0) is 88.1 Å². The summed E-state index contributed by atoms with van der Waals surface area (Å²) in [6, 6.07) is 21.0. The number of aromatic nitrogens is 6. The van der Waals surface area contributed by atoms with E-state index in [1.165, 1.54) is 0 Å². The number of fused-ring (bicyclic) bond motifs is 6. The summed E-state index contributed by atoms with van der Waals surface area (Å²) in [4.78, 5) is 24.7. The van der Waals surface area contributed by atoms with Gasteiger partial charge in [-0.1, -0.05) is 59.7 Å². The lowest BCUT2D eigenvalue weighted by molar-refractivity contribution is -0.149. The number of esters is 2. The largest absolute Gasteiger partial charge is 0.496 e. The van der Waals surface area contributed by atoms with E-state index in [9.17, 15) is 35.9 Å². The molecule has 4 aromatic carbocycles. The number of rotatable bonds is 10. The number of aryl methyl sites for hydroxylation is 2. The number of hydrogen-bond acceptors (Lipinski definition) is 12. The Hall–Kier alpha value is -6.80. The lowest BCUT2D eigenvalue weighted by Crippen LogP contribution is -2.18. The Kier molecular flexibility index (Phi) is 14.3. The van der Waals surface area contributed by atoms with Crippen LogP contribution in [-0.4, -0.2) is 68.9 Å². The van der Waals surface area contributed by atoms with Crippen molar-refractivity contribution in [1.29, 1.82) is 0 Å². The molecule has 0 bridgehead atoms. The molecule has 2 aliphatic heterocycles. The molecule has 4 heterocycles. The second kappa shape index (κ2) is 19.8. The van der Waals surface area contributed by atoms with Crippen LogP contribution in [0.15, 0.2) is 72.8 Å². The predicted octanol–water partition coefficient (Wildman–Crippen LogP) is 10.1. The molecule has 68 heavy (non-hydrogen) atoms. The molecule has 0 aliphatic carbocycles. The van der Waals surface area contributed by atoms with Gasteiger partial charge in [0.05, 0.1) is 51.6 Å². The van der Waals surface area contributed by atoms with Gasteiger partial charge in [0.25, 0.3) is 0 Å². The molecule has 14 nitrogen and oxygen atoms in total. The van der Waals surface area contributed by atoms with E-state index in [-0.39, 0.29) is 49.1 Å². The van der Waals surface area contributed by atoms with Gasteiger partial charge in [-0.15, -0.1) is 20.4 Å². The van der Waals surface area contributed by atoms with E-state index in [1.54, 1.807) is 88.7 Å². The highest BCUT2D eigenvalue weighted by Crippen LogP contribution is 2.47. The molecule has 0 saturated carbocycles. The number of ether oxygens (including phenoxy) is 6. The number of alkyl halides is 6. The maximum absolute atomic E-state index is 13.9. The van der Waals surface area contributed by atoms with Crippen LogP contribution in [-0.2, 0) is 40.9 Å². The van der Waals surface area contributed by atoms with Gasteiger partial charge < -0.3 is 28.4 Å². The van der Waals surface area contributed by atoms with Gasteiger partial charge in [0, 0.05) is 11.1 Å². The van der Waals surface area contributed by atoms with Crippen LogP contribution in [0.5, 0.6) is 11.5 Å². The minimum atomic E-state index is -4.77. The molecule has 0 saturated heterocycles. The van der Waals surface area contributed by atoms with Gasteiger partial charge in [0.2, 0.25) is 11.6 Å².